The molecule has 1 amide bonds. The molecule has 0 spiro atoms. The van der Waals surface area contributed by atoms with Gasteiger partial charge in [-0.2, -0.15) is 0 Å². The first-order valence-electron chi connectivity index (χ1n) is 7.45. The molecule has 1 atom stereocenters. The maximum atomic E-state index is 12.7. The largest absolute Gasteiger partial charge is 0.336 e. The van der Waals surface area contributed by atoms with Crippen LogP contribution >= 0.6 is 11.3 Å². The third-order valence-corrected chi connectivity index (χ3v) is 6.79. The predicted molar refractivity (Wildman–Crippen MR) is 89.8 cm³/mol. The molecule has 1 aliphatic heterocycles. The Labute approximate surface area is 136 Å². The molecule has 0 N–H and O–H groups in total. The number of thiophene rings is 1. The second-order valence-electron chi connectivity index (χ2n) is 6.19. The van der Waals surface area contributed by atoms with Crippen molar-refractivity contribution in [3.05, 3.63) is 21.9 Å². The van der Waals surface area contributed by atoms with Gasteiger partial charge in [-0.15, -0.1) is 11.3 Å². The highest BCUT2D eigenvalue weighted by Gasteiger charge is 2.35. The van der Waals surface area contributed by atoms with Crippen LogP contribution in [-0.4, -0.2) is 62.8 Å². The Bertz CT molecular complexity index is 622. The van der Waals surface area contributed by atoms with Crippen molar-refractivity contribution >= 4 is 27.1 Å². The molecule has 5 nitrogen and oxygen atoms in total. The Kier molecular flexibility index (Phi) is 5.63. The van der Waals surface area contributed by atoms with Crippen molar-refractivity contribution < 1.29 is 13.2 Å². The number of carbonyl (C=O) groups excluding carboxylic acids is 1. The van der Waals surface area contributed by atoms with Crippen molar-refractivity contribution in [2.45, 2.75) is 19.9 Å². The van der Waals surface area contributed by atoms with Gasteiger partial charge in [-0.3, -0.25) is 4.79 Å². The summed E-state index contributed by atoms with van der Waals surface area (Å²) >= 11 is 1.65. The van der Waals surface area contributed by atoms with Crippen LogP contribution in [0.4, 0.5) is 0 Å². The third kappa shape index (κ3) is 4.54. The fourth-order valence-electron chi connectivity index (χ4n) is 2.58. The van der Waals surface area contributed by atoms with Gasteiger partial charge in [0.15, 0.2) is 9.84 Å². The first-order chi connectivity index (χ1) is 10.3. The Morgan fingerprint density at radius 3 is 2.59 bits per heavy atom. The Hall–Kier alpha value is -0.920. The smallest absolute Gasteiger partial charge is 0.227 e. The van der Waals surface area contributed by atoms with Crippen molar-refractivity contribution in [1.82, 2.24) is 9.80 Å². The number of likely N-dealkylation sites (N-methyl/N-ethyl adjacent to an activating group) is 1. The van der Waals surface area contributed by atoms with Crippen LogP contribution in [0.25, 0.3) is 0 Å². The van der Waals surface area contributed by atoms with Gasteiger partial charge in [0, 0.05) is 18.0 Å². The second-order valence-corrected chi connectivity index (χ2v) is 9.42. The zero-order chi connectivity index (χ0) is 16.3. The lowest BCUT2D eigenvalue weighted by molar-refractivity contribution is -0.135. The van der Waals surface area contributed by atoms with Gasteiger partial charge in [-0.05, 0) is 44.4 Å². The molecule has 0 radical (unpaired) electrons. The van der Waals surface area contributed by atoms with E-state index in [0.717, 1.165) is 6.54 Å². The van der Waals surface area contributed by atoms with Gasteiger partial charge in [0.05, 0.1) is 24.0 Å². The summed E-state index contributed by atoms with van der Waals surface area (Å²) < 4.78 is 23.3. The maximum absolute atomic E-state index is 12.7. The number of rotatable bonds is 6. The van der Waals surface area contributed by atoms with Crippen LogP contribution in [0.3, 0.4) is 0 Å². The number of amides is 1. The summed E-state index contributed by atoms with van der Waals surface area (Å²) in [7, 11) is 0.912. The fourth-order valence-corrected chi connectivity index (χ4v) is 5.23. The van der Waals surface area contributed by atoms with Gasteiger partial charge in [-0.25, -0.2) is 8.42 Å². The van der Waals surface area contributed by atoms with E-state index in [9.17, 15) is 13.2 Å². The summed E-state index contributed by atoms with van der Waals surface area (Å²) in [6.45, 7) is 4.02. The van der Waals surface area contributed by atoms with E-state index in [0.29, 0.717) is 19.5 Å². The number of hydrogen-bond acceptors (Lipinski definition) is 5. The van der Waals surface area contributed by atoms with E-state index in [1.807, 2.05) is 36.2 Å². The van der Waals surface area contributed by atoms with Crippen LogP contribution in [0.2, 0.25) is 0 Å². The van der Waals surface area contributed by atoms with Gasteiger partial charge in [0.1, 0.15) is 0 Å². The summed E-state index contributed by atoms with van der Waals surface area (Å²) in [5, 5.41) is 2.03. The molecule has 2 heterocycles. The molecule has 1 aromatic rings. The summed E-state index contributed by atoms with van der Waals surface area (Å²) in [4.78, 5) is 17.8. The van der Waals surface area contributed by atoms with Crippen LogP contribution in [-0.2, 0) is 21.2 Å². The Morgan fingerprint density at radius 1 is 1.36 bits per heavy atom. The van der Waals surface area contributed by atoms with Gasteiger partial charge >= 0.3 is 0 Å². The molecule has 0 aliphatic carbocycles. The lowest BCUT2D eigenvalue weighted by Gasteiger charge is -2.26. The van der Waals surface area contributed by atoms with Crippen molar-refractivity contribution in [3.8, 4) is 0 Å². The predicted octanol–water partition coefficient (Wildman–Crippen LogP) is 1.38. The Balaban J connectivity index is 2.09. The highest BCUT2D eigenvalue weighted by molar-refractivity contribution is 7.91. The molecule has 124 valence electrons. The van der Waals surface area contributed by atoms with Crippen molar-refractivity contribution in [3.63, 3.8) is 0 Å². The van der Waals surface area contributed by atoms with Gasteiger partial charge in [0.25, 0.3) is 0 Å². The minimum atomic E-state index is -3.03. The fraction of sp³-hybridized carbons (Fsp3) is 0.667. The summed E-state index contributed by atoms with van der Waals surface area (Å²) in [5.74, 6) is -0.236. The van der Waals surface area contributed by atoms with E-state index in [1.54, 1.807) is 11.3 Å². The monoisotopic (exact) mass is 344 g/mol. The van der Waals surface area contributed by atoms with E-state index < -0.39 is 9.84 Å². The van der Waals surface area contributed by atoms with Gasteiger partial charge < -0.3 is 9.80 Å². The zero-order valence-electron chi connectivity index (χ0n) is 13.4. The molecule has 2 rings (SSSR count). The molecule has 1 fully saturated rings. The maximum Gasteiger partial charge on any atom is 0.227 e. The van der Waals surface area contributed by atoms with Crippen LogP contribution in [0.1, 0.15) is 16.9 Å². The number of sulfone groups is 1. The minimum Gasteiger partial charge on any atom is -0.336 e. The number of nitrogens with zero attached hydrogens (tertiary/aromatic N) is 2. The average Bonchev–Trinajstić information content (AvgIpc) is 2.99. The summed E-state index contributed by atoms with van der Waals surface area (Å²) in [6.07, 6.45) is 0.461. The minimum absolute atomic E-state index is 0.00766. The number of aryl methyl sites for hydroxylation is 1. The molecule has 7 heteroatoms. The summed E-state index contributed by atoms with van der Waals surface area (Å²) in [5.41, 5.74) is 1.19. The van der Waals surface area contributed by atoms with E-state index in [4.69, 9.17) is 0 Å². The van der Waals surface area contributed by atoms with E-state index >= 15 is 0 Å². The topological polar surface area (TPSA) is 57.7 Å². The van der Waals surface area contributed by atoms with E-state index in [2.05, 4.69) is 6.07 Å². The molecule has 22 heavy (non-hydrogen) atoms. The molecule has 1 aromatic heterocycles. The van der Waals surface area contributed by atoms with E-state index in [-0.39, 0.29) is 23.3 Å². The van der Waals surface area contributed by atoms with Gasteiger partial charge in [0.2, 0.25) is 5.91 Å². The van der Waals surface area contributed by atoms with Gasteiger partial charge in [-0.1, -0.05) is 0 Å². The SMILES string of the molecule is Cc1ccsc1CN(CCN(C)C)C(=O)[C@H]1CCS(=O)(=O)C1. The highest BCUT2D eigenvalue weighted by atomic mass is 32.2. The average molecular weight is 345 g/mol. The molecular formula is C15H24N2O3S2. The molecule has 0 bridgehead atoms. The quantitative estimate of drug-likeness (QED) is 0.782. The van der Waals surface area contributed by atoms with Crippen molar-refractivity contribution in [1.29, 1.82) is 0 Å². The van der Waals surface area contributed by atoms with Crippen LogP contribution < -0.4 is 0 Å². The Morgan fingerprint density at radius 2 is 2.09 bits per heavy atom. The van der Waals surface area contributed by atoms with E-state index in [1.165, 1.54) is 10.4 Å². The second kappa shape index (κ2) is 7.10. The first-order valence-corrected chi connectivity index (χ1v) is 10.2. The molecule has 1 saturated heterocycles. The number of hydrogen-bond donors (Lipinski definition) is 0. The standard InChI is InChI=1S/C15H24N2O3S2/c1-12-4-8-21-14(12)10-17(7-6-16(2)3)15(18)13-5-9-22(19,20)11-13/h4,8,13H,5-7,9-11H2,1-3H3/t13-/m0/s1. The van der Waals surface area contributed by atoms with Crippen molar-refractivity contribution in [2.24, 2.45) is 5.92 Å². The first kappa shape index (κ1) is 17.4. The zero-order valence-corrected chi connectivity index (χ0v) is 15.0. The normalized spacial score (nSPS) is 20.5. The molecule has 0 saturated carbocycles. The van der Waals surface area contributed by atoms with Crippen LogP contribution in [0.15, 0.2) is 11.4 Å². The van der Waals surface area contributed by atoms with Crippen LogP contribution in [0.5, 0.6) is 0 Å². The molecular weight excluding hydrogens is 320 g/mol. The summed E-state index contributed by atoms with van der Waals surface area (Å²) in [6, 6.07) is 2.05. The molecule has 0 unspecified atom stereocenters. The molecule has 1 aliphatic rings. The third-order valence-electron chi connectivity index (χ3n) is 4.01. The molecule has 0 aromatic carbocycles. The van der Waals surface area contributed by atoms with Crippen molar-refractivity contribution in [2.75, 3.05) is 38.7 Å². The highest BCUT2D eigenvalue weighted by Crippen LogP contribution is 2.23. The lowest BCUT2D eigenvalue weighted by atomic mass is 10.1. The number of carbonyl (C=O) groups is 1. The van der Waals surface area contributed by atoms with Crippen LogP contribution in [0, 0.1) is 12.8 Å². The lowest BCUT2D eigenvalue weighted by Crippen LogP contribution is -2.40.